The molecule has 0 saturated heterocycles. The van der Waals surface area contributed by atoms with Crippen molar-refractivity contribution >= 4 is 5.91 Å². The second-order valence-electron chi connectivity index (χ2n) is 5.18. The summed E-state index contributed by atoms with van der Waals surface area (Å²) >= 11 is 0. The van der Waals surface area contributed by atoms with Gasteiger partial charge in [-0.25, -0.2) is 0 Å². The maximum atomic E-state index is 11.9. The number of benzene rings is 1. The normalized spacial score (nSPS) is 11.9. The van der Waals surface area contributed by atoms with Gasteiger partial charge in [-0.15, -0.1) is 0 Å². The summed E-state index contributed by atoms with van der Waals surface area (Å²) in [5.41, 5.74) is 1.47. The van der Waals surface area contributed by atoms with Crippen LogP contribution >= 0.6 is 0 Å². The molecule has 2 rings (SSSR count). The number of para-hydroxylation sites is 1. The molecule has 0 bridgehead atoms. The third kappa shape index (κ3) is 4.86. The van der Waals surface area contributed by atoms with E-state index in [9.17, 15) is 15.0 Å². The van der Waals surface area contributed by atoms with Gasteiger partial charge in [-0.05, 0) is 24.6 Å². The van der Waals surface area contributed by atoms with E-state index >= 15 is 0 Å². The average molecular weight is 300 g/mol. The van der Waals surface area contributed by atoms with E-state index in [1.54, 1.807) is 30.5 Å². The molecule has 22 heavy (non-hydrogen) atoms. The molecule has 1 aromatic heterocycles. The van der Waals surface area contributed by atoms with Crippen molar-refractivity contribution in [3.05, 3.63) is 59.9 Å². The molecule has 0 aliphatic carbocycles. The predicted molar refractivity (Wildman–Crippen MR) is 83.3 cm³/mol. The predicted octanol–water partition coefficient (Wildman–Crippen LogP) is 1.30. The van der Waals surface area contributed by atoms with Crippen LogP contribution in [0, 0.1) is 5.92 Å². The number of aliphatic hydroxyl groups is 1. The summed E-state index contributed by atoms with van der Waals surface area (Å²) in [6.45, 7) is 0.354. The van der Waals surface area contributed by atoms with Gasteiger partial charge in [0.05, 0.1) is 6.42 Å². The van der Waals surface area contributed by atoms with Crippen LogP contribution in [0.25, 0.3) is 0 Å². The molecule has 2 aromatic rings. The first kappa shape index (κ1) is 16.0. The van der Waals surface area contributed by atoms with E-state index in [4.69, 9.17) is 0 Å². The van der Waals surface area contributed by atoms with Gasteiger partial charge >= 0.3 is 0 Å². The highest BCUT2D eigenvalue weighted by Gasteiger charge is 2.12. The molecule has 3 N–H and O–H groups in total. The van der Waals surface area contributed by atoms with Crippen molar-refractivity contribution in [2.75, 3.05) is 13.2 Å². The van der Waals surface area contributed by atoms with Gasteiger partial charge in [-0.2, -0.15) is 0 Å². The summed E-state index contributed by atoms with van der Waals surface area (Å²) in [5, 5.41) is 21.9. The van der Waals surface area contributed by atoms with Gasteiger partial charge in [-0.3, -0.25) is 9.78 Å². The molecule has 0 aliphatic rings. The third-order valence-electron chi connectivity index (χ3n) is 3.41. The van der Waals surface area contributed by atoms with Gasteiger partial charge in [0.2, 0.25) is 5.91 Å². The van der Waals surface area contributed by atoms with Crippen LogP contribution in [0.15, 0.2) is 48.7 Å². The van der Waals surface area contributed by atoms with E-state index in [1.807, 2.05) is 18.2 Å². The van der Waals surface area contributed by atoms with Crippen LogP contribution in [0.3, 0.4) is 0 Å². The molecule has 1 heterocycles. The Morgan fingerprint density at radius 3 is 2.64 bits per heavy atom. The molecule has 0 fully saturated rings. The molecule has 1 atom stereocenters. The highest BCUT2D eigenvalue weighted by molar-refractivity contribution is 5.79. The Morgan fingerprint density at radius 2 is 1.95 bits per heavy atom. The number of phenols is 1. The molecular weight excluding hydrogens is 280 g/mol. The van der Waals surface area contributed by atoms with Crippen LogP contribution in [0.5, 0.6) is 5.75 Å². The third-order valence-corrected chi connectivity index (χ3v) is 3.41. The molecule has 0 spiro atoms. The van der Waals surface area contributed by atoms with Crippen LogP contribution in [-0.2, 0) is 17.6 Å². The minimum Gasteiger partial charge on any atom is -0.508 e. The van der Waals surface area contributed by atoms with Crippen molar-refractivity contribution in [3.63, 3.8) is 0 Å². The number of nitrogens with zero attached hydrogens (tertiary/aromatic N) is 1. The van der Waals surface area contributed by atoms with E-state index in [-0.39, 0.29) is 30.6 Å². The molecule has 0 saturated carbocycles. The van der Waals surface area contributed by atoms with Gasteiger partial charge < -0.3 is 15.5 Å². The zero-order valence-electron chi connectivity index (χ0n) is 12.3. The smallest absolute Gasteiger partial charge is 0.224 e. The number of carbonyl (C=O) groups excluding carboxylic acids is 1. The molecular formula is C17H20N2O3. The lowest BCUT2D eigenvalue weighted by atomic mass is 10.0. The molecule has 5 nitrogen and oxygen atoms in total. The number of aromatic hydroxyl groups is 1. The Labute approximate surface area is 129 Å². The standard InChI is InChI=1S/C17H20N2O3/c20-12-13(9-15-6-3-4-8-18-15)11-19-17(22)10-14-5-1-2-7-16(14)21/h1-8,13,20-21H,9-12H2,(H,19,22). The average Bonchev–Trinajstić information content (AvgIpc) is 2.54. The number of phenolic OH excluding ortho intramolecular Hbond substituents is 1. The zero-order chi connectivity index (χ0) is 15.8. The Bertz CT molecular complexity index is 602. The fourth-order valence-corrected chi connectivity index (χ4v) is 2.17. The number of amides is 1. The van der Waals surface area contributed by atoms with Gasteiger partial charge in [0.25, 0.3) is 0 Å². The number of aliphatic hydroxyl groups excluding tert-OH is 1. The minimum atomic E-state index is -0.180. The number of hydrogen-bond donors (Lipinski definition) is 3. The van der Waals surface area contributed by atoms with Gasteiger partial charge in [0.1, 0.15) is 5.75 Å². The molecule has 1 amide bonds. The summed E-state index contributed by atoms with van der Waals surface area (Å²) in [6.07, 6.45) is 2.43. The topological polar surface area (TPSA) is 82.5 Å². The van der Waals surface area contributed by atoms with Crippen molar-refractivity contribution in [2.24, 2.45) is 5.92 Å². The van der Waals surface area contributed by atoms with E-state index < -0.39 is 0 Å². The second kappa shape index (κ2) is 8.14. The number of aromatic nitrogens is 1. The highest BCUT2D eigenvalue weighted by atomic mass is 16.3. The Balaban J connectivity index is 1.83. The summed E-state index contributed by atoms with van der Waals surface area (Å²) in [5.74, 6) is -0.144. The monoisotopic (exact) mass is 300 g/mol. The van der Waals surface area contributed by atoms with Gasteiger partial charge in [0, 0.05) is 36.5 Å². The number of hydrogen-bond acceptors (Lipinski definition) is 4. The van der Waals surface area contributed by atoms with Crippen molar-refractivity contribution in [2.45, 2.75) is 12.8 Å². The fraction of sp³-hybridized carbons (Fsp3) is 0.294. The minimum absolute atomic E-state index is 0.0204. The Hall–Kier alpha value is -2.40. The fourth-order valence-electron chi connectivity index (χ4n) is 2.17. The van der Waals surface area contributed by atoms with Crippen LogP contribution in [-0.4, -0.2) is 34.3 Å². The van der Waals surface area contributed by atoms with Crippen LogP contribution in [0.2, 0.25) is 0 Å². The summed E-state index contributed by atoms with van der Waals surface area (Å²) in [7, 11) is 0. The summed E-state index contributed by atoms with van der Waals surface area (Å²) in [6, 6.07) is 12.4. The van der Waals surface area contributed by atoms with E-state index in [2.05, 4.69) is 10.3 Å². The summed E-state index contributed by atoms with van der Waals surface area (Å²) < 4.78 is 0. The largest absolute Gasteiger partial charge is 0.508 e. The van der Waals surface area contributed by atoms with Gasteiger partial charge in [-0.1, -0.05) is 24.3 Å². The maximum absolute atomic E-state index is 11.9. The van der Waals surface area contributed by atoms with Crippen molar-refractivity contribution in [3.8, 4) is 5.75 Å². The first-order chi connectivity index (χ1) is 10.7. The Morgan fingerprint density at radius 1 is 1.18 bits per heavy atom. The quantitative estimate of drug-likeness (QED) is 0.720. The lowest BCUT2D eigenvalue weighted by Crippen LogP contribution is -2.33. The van der Waals surface area contributed by atoms with Crippen molar-refractivity contribution in [1.29, 1.82) is 0 Å². The number of carbonyl (C=O) groups is 1. The molecule has 1 aromatic carbocycles. The molecule has 116 valence electrons. The SMILES string of the molecule is O=C(Cc1ccccc1O)NCC(CO)Cc1ccccn1. The van der Waals surface area contributed by atoms with E-state index in [1.165, 1.54) is 0 Å². The lowest BCUT2D eigenvalue weighted by molar-refractivity contribution is -0.120. The van der Waals surface area contributed by atoms with E-state index in [0.717, 1.165) is 5.69 Å². The van der Waals surface area contributed by atoms with Crippen molar-refractivity contribution in [1.82, 2.24) is 10.3 Å². The molecule has 0 aliphatic heterocycles. The van der Waals surface area contributed by atoms with Crippen LogP contribution in [0.4, 0.5) is 0 Å². The molecule has 5 heteroatoms. The van der Waals surface area contributed by atoms with Crippen molar-refractivity contribution < 1.29 is 15.0 Å². The highest BCUT2D eigenvalue weighted by Crippen LogP contribution is 2.15. The first-order valence-electron chi connectivity index (χ1n) is 7.23. The zero-order valence-corrected chi connectivity index (χ0v) is 12.3. The second-order valence-corrected chi connectivity index (χ2v) is 5.18. The molecule has 1 unspecified atom stereocenters. The van der Waals surface area contributed by atoms with E-state index in [0.29, 0.717) is 18.5 Å². The number of rotatable bonds is 7. The molecule has 0 radical (unpaired) electrons. The maximum Gasteiger partial charge on any atom is 0.224 e. The Kier molecular flexibility index (Phi) is 5.91. The number of pyridine rings is 1. The van der Waals surface area contributed by atoms with Crippen LogP contribution < -0.4 is 5.32 Å². The lowest BCUT2D eigenvalue weighted by Gasteiger charge is -2.15. The summed E-state index contributed by atoms with van der Waals surface area (Å²) in [4.78, 5) is 16.1. The van der Waals surface area contributed by atoms with Gasteiger partial charge in [0.15, 0.2) is 0 Å². The number of nitrogens with one attached hydrogen (secondary N) is 1. The van der Waals surface area contributed by atoms with Crippen LogP contribution in [0.1, 0.15) is 11.3 Å². The first-order valence-corrected chi connectivity index (χ1v) is 7.23.